The highest BCUT2D eigenvalue weighted by molar-refractivity contribution is 7.79. The molecule has 0 aliphatic carbocycles. The summed E-state index contributed by atoms with van der Waals surface area (Å²) in [6, 6.07) is 10.2. The van der Waals surface area contributed by atoms with Crippen molar-refractivity contribution in [1.82, 2.24) is 25.2 Å². The van der Waals surface area contributed by atoms with Crippen molar-refractivity contribution < 1.29 is 13.6 Å². The first-order valence-corrected chi connectivity index (χ1v) is 15.5. The van der Waals surface area contributed by atoms with Gasteiger partial charge in [0, 0.05) is 59.8 Å². The maximum absolute atomic E-state index is 13.4. The summed E-state index contributed by atoms with van der Waals surface area (Å²) < 4.78 is 22.3. The average Bonchev–Trinajstić information content (AvgIpc) is 2.94. The van der Waals surface area contributed by atoms with E-state index < -0.39 is 16.3 Å². The quantitative estimate of drug-likeness (QED) is 0.312. The molecule has 1 aromatic carbocycles. The van der Waals surface area contributed by atoms with Crippen molar-refractivity contribution in [2.75, 3.05) is 11.9 Å². The lowest BCUT2D eigenvalue weighted by molar-refractivity contribution is 0.0601. The number of rotatable bonds is 11. The molecule has 0 spiro atoms. The summed E-state index contributed by atoms with van der Waals surface area (Å²) in [6.07, 6.45) is 7.08. The van der Waals surface area contributed by atoms with Crippen LogP contribution in [0.25, 0.3) is 0 Å². The molecule has 4 rings (SSSR count). The van der Waals surface area contributed by atoms with E-state index in [9.17, 15) is 13.6 Å². The number of aryl methyl sites for hydroxylation is 4. The van der Waals surface area contributed by atoms with Gasteiger partial charge in [-0.1, -0.05) is 31.0 Å². The molecule has 2 unspecified atom stereocenters. The Morgan fingerprint density at radius 2 is 1.95 bits per heavy atom. The molecule has 0 bridgehead atoms. The Morgan fingerprint density at radius 1 is 1.20 bits per heavy atom. The smallest absolute Gasteiger partial charge is 0.254 e. The Hall–Kier alpha value is -3.21. The summed E-state index contributed by atoms with van der Waals surface area (Å²) >= 11 is -2.11. The first-order valence-electron chi connectivity index (χ1n) is 14.4. The van der Waals surface area contributed by atoms with E-state index in [-0.39, 0.29) is 18.0 Å². The molecule has 2 N–H and O–H groups in total. The van der Waals surface area contributed by atoms with Crippen LogP contribution >= 0.6 is 0 Å². The van der Waals surface area contributed by atoms with Crippen molar-refractivity contribution in [2.24, 2.45) is 0 Å². The highest BCUT2D eigenvalue weighted by atomic mass is 32.2. The molecule has 3 heterocycles. The molecule has 1 saturated heterocycles. The van der Waals surface area contributed by atoms with Gasteiger partial charge in [-0.2, -0.15) is 0 Å². The zero-order valence-electron chi connectivity index (χ0n) is 24.6. The van der Waals surface area contributed by atoms with Crippen LogP contribution < -0.4 is 10.6 Å². The third kappa shape index (κ3) is 8.40. The SMILES string of the molecule is CCc1cnc(Nc2cc(C)cc(C)c2)nc1CN[C@@H]1CCN(C(=O)c2ccnc(CCC(C)S(=O)[O-])c2)[C@H](C)C1. The van der Waals surface area contributed by atoms with E-state index in [0.29, 0.717) is 37.4 Å². The van der Waals surface area contributed by atoms with Crippen molar-refractivity contribution in [3.8, 4) is 0 Å². The third-order valence-electron chi connectivity index (χ3n) is 7.71. The summed E-state index contributed by atoms with van der Waals surface area (Å²) in [5.41, 5.74) is 6.79. The van der Waals surface area contributed by atoms with Crippen LogP contribution in [0.5, 0.6) is 0 Å². The molecule has 3 aromatic rings. The van der Waals surface area contributed by atoms with Gasteiger partial charge in [0.15, 0.2) is 0 Å². The van der Waals surface area contributed by atoms with E-state index in [1.807, 2.05) is 11.1 Å². The van der Waals surface area contributed by atoms with Crippen LogP contribution in [0.1, 0.15) is 78.5 Å². The molecular formula is C31H41N6O3S-. The van der Waals surface area contributed by atoms with Crippen LogP contribution in [0.4, 0.5) is 11.6 Å². The largest absolute Gasteiger partial charge is 0.772 e. The highest BCUT2D eigenvalue weighted by Gasteiger charge is 2.29. The number of amides is 1. The van der Waals surface area contributed by atoms with E-state index in [2.05, 4.69) is 66.5 Å². The maximum Gasteiger partial charge on any atom is 0.254 e. The Bertz CT molecular complexity index is 1360. The van der Waals surface area contributed by atoms with Gasteiger partial charge in [-0.3, -0.25) is 14.0 Å². The predicted molar refractivity (Wildman–Crippen MR) is 162 cm³/mol. The number of nitrogens with one attached hydrogen (secondary N) is 2. The van der Waals surface area contributed by atoms with Gasteiger partial charge in [0.2, 0.25) is 5.95 Å². The summed E-state index contributed by atoms with van der Waals surface area (Å²) in [5.74, 6) is 0.580. The molecule has 9 nitrogen and oxygen atoms in total. The number of anilines is 2. The molecule has 10 heteroatoms. The number of hydrogen-bond acceptors (Lipinski definition) is 8. The summed E-state index contributed by atoms with van der Waals surface area (Å²) in [4.78, 5) is 29.0. The van der Waals surface area contributed by atoms with Gasteiger partial charge in [-0.05, 0) is 93.8 Å². The molecular weight excluding hydrogens is 536 g/mol. The molecule has 1 aliphatic heterocycles. The Morgan fingerprint density at radius 3 is 2.63 bits per heavy atom. The van der Waals surface area contributed by atoms with Crippen molar-refractivity contribution >= 4 is 28.6 Å². The number of likely N-dealkylation sites (tertiary alicyclic amines) is 1. The third-order valence-corrected chi connectivity index (χ3v) is 8.60. The summed E-state index contributed by atoms with van der Waals surface area (Å²) in [7, 11) is 0. The van der Waals surface area contributed by atoms with Crippen LogP contribution in [0.3, 0.4) is 0 Å². The Balaban J connectivity index is 1.34. The summed E-state index contributed by atoms with van der Waals surface area (Å²) in [6.45, 7) is 11.3. The van der Waals surface area contributed by atoms with Crippen LogP contribution in [0.15, 0.2) is 42.7 Å². The van der Waals surface area contributed by atoms with Crippen LogP contribution in [0, 0.1) is 13.8 Å². The molecule has 220 valence electrons. The number of carbonyl (C=O) groups is 1. The molecule has 1 amide bonds. The summed E-state index contributed by atoms with van der Waals surface area (Å²) in [5, 5.41) is 6.59. The first kappa shape index (κ1) is 30.7. The van der Waals surface area contributed by atoms with E-state index in [1.165, 1.54) is 11.1 Å². The van der Waals surface area contributed by atoms with Crippen LogP contribution in [0.2, 0.25) is 0 Å². The zero-order valence-corrected chi connectivity index (χ0v) is 25.5. The Labute approximate surface area is 245 Å². The number of benzene rings is 1. The van der Waals surface area contributed by atoms with Crippen molar-refractivity contribution in [1.29, 1.82) is 0 Å². The lowest BCUT2D eigenvalue weighted by Gasteiger charge is -2.38. The van der Waals surface area contributed by atoms with Crippen LogP contribution in [-0.4, -0.2) is 58.4 Å². The Kier molecular flexibility index (Phi) is 10.6. The lowest BCUT2D eigenvalue weighted by Crippen LogP contribution is -2.49. The molecule has 0 saturated carbocycles. The van der Waals surface area contributed by atoms with Gasteiger partial charge in [0.25, 0.3) is 5.91 Å². The standard InChI is InChI=1S/C31H42N6O3S/c1-6-24-18-34-31(35-28-14-20(2)13-21(3)15-28)36-29(24)19-33-27-10-12-37(22(4)16-27)30(38)25-9-11-32-26(17-25)8-7-23(5)41(39)40/h9,11,13-15,17-18,22-23,27,33H,6-8,10,12,16,19H2,1-5H3,(H,39,40)(H,34,35,36)/p-1/t22-,23?,27-/m1/s1. The van der Waals surface area contributed by atoms with Gasteiger partial charge in [0.05, 0.1) is 5.69 Å². The van der Waals surface area contributed by atoms with E-state index in [0.717, 1.165) is 41.9 Å². The fraction of sp³-hybridized carbons (Fsp3) is 0.484. The number of hydrogen-bond donors (Lipinski definition) is 2. The van der Waals surface area contributed by atoms with E-state index >= 15 is 0 Å². The molecule has 1 aliphatic rings. The van der Waals surface area contributed by atoms with Crippen molar-refractivity contribution in [2.45, 2.75) is 90.6 Å². The van der Waals surface area contributed by atoms with Gasteiger partial charge in [-0.15, -0.1) is 0 Å². The van der Waals surface area contributed by atoms with Crippen molar-refractivity contribution in [3.63, 3.8) is 0 Å². The molecule has 0 radical (unpaired) electrons. The molecule has 4 atom stereocenters. The second-order valence-corrected chi connectivity index (χ2v) is 12.4. The normalized spacial score (nSPS) is 18.6. The van der Waals surface area contributed by atoms with Crippen molar-refractivity contribution in [3.05, 3.63) is 76.4 Å². The second kappa shape index (κ2) is 14.1. The first-order chi connectivity index (χ1) is 19.6. The van der Waals surface area contributed by atoms with Gasteiger partial charge in [-0.25, -0.2) is 9.97 Å². The fourth-order valence-electron chi connectivity index (χ4n) is 5.39. The molecule has 2 aromatic heterocycles. The number of carbonyl (C=O) groups excluding carboxylic acids is 1. The average molecular weight is 578 g/mol. The van der Waals surface area contributed by atoms with Crippen LogP contribution in [-0.2, 0) is 30.5 Å². The fourth-order valence-corrected chi connectivity index (χ4v) is 5.70. The zero-order chi connectivity index (χ0) is 29.5. The number of nitrogens with zero attached hydrogens (tertiary/aromatic N) is 4. The topological polar surface area (TPSA) is 123 Å². The minimum Gasteiger partial charge on any atom is -0.772 e. The second-order valence-electron chi connectivity index (χ2n) is 11.1. The number of pyridine rings is 1. The van der Waals surface area contributed by atoms with Gasteiger partial charge < -0.3 is 20.1 Å². The van der Waals surface area contributed by atoms with E-state index in [1.54, 1.807) is 25.3 Å². The highest BCUT2D eigenvalue weighted by Crippen LogP contribution is 2.22. The number of aromatic nitrogens is 3. The minimum atomic E-state index is -2.11. The molecule has 1 fully saturated rings. The van der Waals surface area contributed by atoms with Gasteiger partial charge in [0.1, 0.15) is 0 Å². The maximum atomic E-state index is 13.4. The lowest BCUT2D eigenvalue weighted by atomic mass is 9.97. The predicted octanol–water partition coefficient (Wildman–Crippen LogP) is 4.78. The monoisotopic (exact) mass is 577 g/mol. The minimum absolute atomic E-state index is 0.00813. The van der Waals surface area contributed by atoms with Gasteiger partial charge >= 0.3 is 0 Å². The number of piperidine rings is 1. The molecule has 41 heavy (non-hydrogen) atoms. The van der Waals surface area contributed by atoms with E-state index in [4.69, 9.17) is 4.98 Å².